The van der Waals surface area contributed by atoms with Crippen molar-refractivity contribution in [1.29, 1.82) is 0 Å². The number of nitrogens with zero attached hydrogens (tertiary/aromatic N) is 3. The predicted molar refractivity (Wildman–Crippen MR) is 59.9 cm³/mol. The third-order valence-corrected chi connectivity index (χ3v) is 2.27. The zero-order chi connectivity index (χ0) is 12.3. The topological polar surface area (TPSA) is 63.8 Å². The van der Waals surface area contributed by atoms with Crippen LogP contribution in [0.4, 0.5) is 10.2 Å². The van der Waals surface area contributed by atoms with Crippen LogP contribution < -0.4 is 5.32 Å². The molecule has 0 bridgehead atoms. The van der Waals surface area contributed by atoms with Gasteiger partial charge in [-0.25, -0.2) is 19.3 Å². The highest BCUT2D eigenvalue weighted by molar-refractivity contribution is 5.37. The lowest BCUT2D eigenvalue weighted by atomic mass is 10.3. The van der Waals surface area contributed by atoms with E-state index in [0.717, 1.165) is 5.76 Å². The van der Waals surface area contributed by atoms with Gasteiger partial charge in [-0.3, -0.25) is 0 Å². The van der Waals surface area contributed by atoms with Gasteiger partial charge >= 0.3 is 0 Å². The van der Waals surface area contributed by atoms with Gasteiger partial charge in [-0.1, -0.05) is 6.92 Å². The van der Waals surface area contributed by atoms with Crippen LogP contribution in [0.3, 0.4) is 0 Å². The average Bonchev–Trinajstić information content (AvgIpc) is 2.74. The maximum atomic E-state index is 13.7. The lowest BCUT2D eigenvalue weighted by Crippen LogP contribution is -2.06. The summed E-state index contributed by atoms with van der Waals surface area (Å²) in [6.45, 7) is 3.94. The average molecular weight is 236 g/mol. The van der Waals surface area contributed by atoms with Gasteiger partial charge in [0.05, 0.1) is 18.4 Å². The Kier molecular flexibility index (Phi) is 3.32. The fraction of sp³-hybridized carbons (Fsp3) is 0.364. The fourth-order valence-electron chi connectivity index (χ4n) is 1.42. The molecule has 0 amide bonds. The second kappa shape index (κ2) is 4.90. The maximum Gasteiger partial charge on any atom is 0.213 e. The van der Waals surface area contributed by atoms with Crippen molar-refractivity contribution in [3.63, 3.8) is 0 Å². The molecule has 0 spiro atoms. The van der Waals surface area contributed by atoms with Crippen LogP contribution in [0.25, 0.3) is 0 Å². The second-order valence-electron chi connectivity index (χ2n) is 3.55. The molecule has 0 fully saturated rings. The molecule has 90 valence electrons. The van der Waals surface area contributed by atoms with Crippen molar-refractivity contribution in [3.05, 3.63) is 35.7 Å². The molecule has 2 aromatic rings. The molecule has 0 radical (unpaired) electrons. The quantitative estimate of drug-likeness (QED) is 0.880. The molecule has 0 aromatic carbocycles. The van der Waals surface area contributed by atoms with E-state index in [4.69, 9.17) is 4.42 Å². The Hall–Kier alpha value is -1.98. The van der Waals surface area contributed by atoms with Gasteiger partial charge in [-0.15, -0.1) is 0 Å². The van der Waals surface area contributed by atoms with Crippen molar-refractivity contribution < 1.29 is 8.81 Å². The van der Waals surface area contributed by atoms with Crippen molar-refractivity contribution in [1.82, 2.24) is 15.0 Å². The normalized spacial score (nSPS) is 10.5. The lowest BCUT2D eigenvalue weighted by Gasteiger charge is -2.05. The monoisotopic (exact) mass is 236 g/mol. The zero-order valence-corrected chi connectivity index (χ0v) is 9.70. The fourth-order valence-corrected chi connectivity index (χ4v) is 1.42. The summed E-state index contributed by atoms with van der Waals surface area (Å²) >= 11 is 0. The summed E-state index contributed by atoms with van der Waals surface area (Å²) in [6.07, 6.45) is 3.48. The van der Waals surface area contributed by atoms with E-state index in [1.54, 1.807) is 13.1 Å². The molecule has 0 atom stereocenters. The molecule has 0 aliphatic rings. The van der Waals surface area contributed by atoms with E-state index in [1.165, 1.54) is 6.33 Å². The first kappa shape index (κ1) is 11.5. The number of oxazole rings is 1. The number of aromatic nitrogens is 3. The van der Waals surface area contributed by atoms with Gasteiger partial charge in [0.1, 0.15) is 12.1 Å². The van der Waals surface area contributed by atoms with Gasteiger partial charge in [0.25, 0.3) is 0 Å². The summed E-state index contributed by atoms with van der Waals surface area (Å²) < 4.78 is 19.0. The number of hydrogen-bond acceptors (Lipinski definition) is 5. The first-order chi connectivity index (χ1) is 8.20. The highest BCUT2D eigenvalue weighted by Crippen LogP contribution is 2.14. The predicted octanol–water partition coefficient (Wildman–Crippen LogP) is 2.09. The molecule has 2 aromatic heterocycles. The van der Waals surface area contributed by atoms with Crippen LogP contribution in [0.1, 0.15) is 24.3 Å². The SMILES string of the molecule is CCc1ncnc(NCc2ncc(C)o2)c1F. The molecule has 0 aliphatic heterocycles. The molecule has 17 heavy (non-hydrogen) atoms. The summed E-state index contributed by atoms with van der Waals surface area (Å²) in [5.41, 5.74) is 0.395. The number of rotatable bonds is 4. The van der Waals surface area contributed by atoms with E-state index in [2.05, 4.69) is 20.3 Å². The molecule has 6 heteroatoms. The van der Waals surface area contributed by atoms with Crippen molar-refractivity contribution >= 4 is 5.82 Å². The Labute approximate surface area is 98.1 Å². The maximum absolute atomic E-state index is 13.7. The highest BCUT2D eigenvalue weighted by atomic mass is 19.1. The van der Waals surface area contributed by atoms with E-state index in [0.29, 0.717) is 24.6 Å². The number of nitrogens with one attached hydrogen (secondary N) is 1. The number of halogens is 1. The number of anilines is 1. The Morgan fingerprint density at radius 1 is 1.35 bits per heavy atom. The molecular weight excluding hydrogens is 223 g/mol. The Morgan fingerprint density at radius 3 is 2.82 bits per heavy atom. The molecule has 0 saturated carbocycles. The first-order valence-corrected chi connectivity index (χ1v) is 5.35. The van der Waals surface area contributed by atoms with Gasteiger partial charge < -0.3 is 9.73 Å². The van der Waals surface area contributed by atoms with Gasteiger partial charge in [0, 0.05) is 0 Å². The van der Waals surface area contributed by atoms with Crippen LogP contribution >= 0.6 is 0 Å². The van der Waals surface area contributed by atoms with Crippen LogP contribution in [-0.4, -0.2) is 15.0 Å². The number of aryl methyl sites for hydroxylation is 2. The van der Waals surface area contributed by atoms with Gasteiger partial charge in [0.15, 0.2) is 11.6 Å². The van der Waals surface area contributed by atoms with Crippen molar-refractivity contribution in [3.8, 4) is 0 Å². The van der Waals surface area contributed by atoms with Crippen LogP contribution in [0.5, 0.6) is 0 Å². The zero-order valence-electron chi connectivity index (χ0n) is 9.70. The van der Waals surface area contributed by atoms with Crippen molar-refractivity contribution in [2.24, 2.45) is 0 Å². The molecule has 1 N–H and O–H groups in total. The first-order valence-electron chi connectivity index (χ1n) is 5.35. The standard InChI is InChI=1S/C11H13FN4O/c1-3-8-10(12)11(16-6-15-8)14-5-9-13-4-7(2)17-9/h4,6H,3,5H2,1-2H3,(H,14,15,16). The third-order valence-electron chi connectivity index (χ3n) is 2.27. The molecule has 0 unspecified atom stereocenters. The molecule has 0 saturated heterocycles. The third kappa shape index (κ3) is 2.58. The second-order valence-corrected chi connectivity index (χ2v) is 3.55. The minimum absolute atomic E-state index is 0.174. The summed E-state index contributed by atoms with van der Waals surface area (Å²) in [4.78, 5) is 11.7. The van der Waals surface area contributed by atoms with Gasteiger partial charge in [-0.2, -0.15) is 0 Å². The Bertz CT molecular complexity index is 512. The highest BCUT2D eigenvalue weighted by Gasteiger charge is 2.10. The van der Waals surface area contributed by atoms with E-state index < -0.39 is 5.82 Å². The minimum atomic E-state index is -0.418. The molecule has 5 nitrogen and oxygen atoms in total. The largest absolute Gasteiger partial charge is 0.444 e. The van der Waals surface area contributed by atoms with Crippen LogP contribution in [-0.2, 0) is 13.0 Å². The minimum Gasteiger partial charge on any atom is -0.444 e. The molecular formula is C11H13FN4O. The summed E-state index contributed by atoms with van der Waals surface area (Å²) in [7, 11) is 0. The van der Waals surface area contributed by atoms with E-state index in [1.807, 2.05) is 6.92 Å². The summed E-state index contributed by atoms with van der Waals surface area (Å²) in [6, 6.07) is 0. The lowest BCUT2D eigenvalue weighted by molar-refractivity contribution is 0.478. The van der Waals surface area contributed by atoms with E-state index >= 15 is 0 Å². The van der Waals surface area contributed by atoms with Crippen LogP contribution in [0.15, 0.2) is 16.9 Å². The summed E-state index contributed by atoms with van der Waals surface area (Å²) in [5.74, 6) is 0.976. The van der Waals surface area contributed by atoms with Crippen molar-refractivity contribution in [2.45, 2.75) is 26.8 Å². The van der Waals surface area contributed by atoms with E-state index in [9.17, 15) is 4.39 Å². The van der Waals surface area contributed by atoms with Crippen LogP contribution in [0, 0.1) is 12.7 Å². The molecule has 2 rings (SSSR count). The summed E-state index contributed by atoms with van der Waals surface area (Å²) in [5, 5.41) is 2.83. The molecule has 2 heterocycles. The van der Waals surface area contributed by atoms with Gasteiger partial charge in [0.2, 0.25) is 5.89 Å². The smallest absolute Gasteiger partial charge is 0.213 e. The number of hydrogen-bond donors (Lipinski definition) is 1. The Morgan fingerprint density at radius 2 is 2.18 bits per heavy atom. The van der Waals surface area contributed by atoms with E-state index in [-0.39, 0.29) is 5.82 Å². The van der Waals surface area contributed by atoms with Gasteiger partial charge in [-0.05, 0) is 13.3 Å². The molecule has 0 aliphatic carbocycles. The Balaban J connectivity index is 2.09. The van der Waals surface area contributed by atoms with Crippen molar-refractivity contribution in [2.75, 3.05) is 5.32 Å². The van der Waals surface area contributed by atoms with Crippen LogP contribution in [0.2, 0.25) is 0 Å².